The highest BCUT2D eigenvalue weighted by molar-refractivity contribution is 5.96. The Labute approximate surface area is 182 Å². The second kappa shape index (κ2) is 9.78. The number of amides is 3. The summed E-state index contributed by atoms with van der Waals surface area (Å²) < 4.78 is 5.78. The van der Waals surface area contributed by atoms with Crippen LogP contribution in [0.1, 0.15) is 42.8 Å². The number of furan rings is 1. The van der Waals surface area contributed by atoms with E-state index in [-0.39, 0.29) is 29.5 Å². The lowest BCUT2D eigenvalue weighted by atomic mass is 10.0. The van der Waals surface area contributed by atoms with Crippen molar-refractivity contribution in [1.82, 2.24) is 15.5 Å². The quantitative estimate of drug-likeness (QED) is 0.596. The highest BCUT2D eigenvalue weighted by Gasteiger charge is 2.29. The van der Waals surface area contributed by atoms with Crippen LogP contribution in [0.5, 0.6) is 0 Å². The monoisotopic (exact) mass is 426 g/mol. The Morgan fingerprint density at radius 3 is 2.68 bits per heavy atom. The first-order chi connectivity index (χ1) is 14.8. The molecule has 2 aromatic rings. The van der Waals surface area contributed by atoms with Crippen molar-refractivity contribution in [3.63, 3.8) is 0 Å². The molecule has 31 heavy (non-hydrogen) atoms. The summed E-state index contributed by atoms with van der Waals surface area (Å²) in [6, 6.07) is 10.3. The molecule has 166 valence electrons. The van der Waals surface area contributed by atoms with Gasteiger partial charge in [-0.3, -0.25) is 19.3 Å². The highest BCUT2D eigenvalue weighted by Crippen LogP contribution is 2.26. The van der Waals surface area contributed by atoms with Crippen LogP contribution in [0.3, 0.4) is 0 Å². The summed E-state index contributed by atoms with van der Waals surface area (Å²) >= 11 is 0. The summed E-state index contributed by atoms with van der Waals surface area (Å²) in [5.41, 5.74) is 7.38. The van der Waals surface area contributed by atoms with Gasteiger partial charge >= 0.3 is 0 Å². The van der Waals surface area contributed by atoms with Crippen molar-refractivity contribution in [2.24, 2.45) is 11.7 Å². The van der Waals surface area contributed by atoms with E-state index in [1.807, 2.05) is 38.1 Å². The molecule has 3 rings (SSSR count). The van der Waals surface area contributed by atoms with Crippen molar-refractivity contribution in [3.8, 4) is 11.3 Å². The topological polar surface area (TPSA) is 118 Å². The van der Waals surface area contributed by atoms with Gasteiger partial charge in [-0.25, -0.2) is 0 Å². The van der Waals surface area contributed by atoms with Crippen LogP contribution < -0.4 is 16.4 Å². The summed E-state index contributed by atoms with van der Waals surface area (Å²) in [5, 5.41) is 5.29. The van der Waals surface area contributed by atoms with Gasteiger partial charge in [0.2, 0.25) is 11.8 Å². The van der Waals surface area contributed by atoms with Crippen LogP contribution in [-0.4, -0.2) is 48.3 Å². The Hall–Kier alpha value is -3.13. The van der Waals surface area contributed by atoms with E-state index in [0.717, 1.165) is 30.5 Å². The minimum absolute atomic E-state index is 0.0650. The molecule has 0 bridgehead atoms. The number of rotatable bonds is 8. The van der Waals surface area contributed by atoms with E-state index < -0.39 is 11.9 Å². The summed E-state index contributed by atoms with van der Waals surface area (Å²) in [6.07, 6.45) is 1.75. The number of nitrogens with zero attached hydrogens (tertiary/aromatic N) is 1. The van der Waals surface area contributed by atoms with E-state index in [9.17, 15) is 14.4 Å². The third kappa shape index (κ3) is 5.32. The molecule has 1 aromatic heterocycles. The Morgan fingerprint density at radius 2 is 2.00 bits per heavy atom. The van der Waals surface area contributed by atoms with Crippen molar-refractivity contribution < 1.29 is 18.8 Å². The van der Waals surface area contributed by atoms with Gasteiger partial charge in [0.25, 0.3) is 5.91 Å². The zero-order valence-electron chi connectivity index (χ0n) is 18.2. The van der Waals surface area contributed by atoms with E-state index in [0.29, 0.717) is 12.3 Å². The van der Waals surface area contributed by atoms with Gasteiger partial charge in [0.05, 0.1) is 6.04 Å². The van der Waals surface area contributed by atoms with Gasteiger partial charge in [0.1, 0.15) is 11.8 Å². The Bertz CT molecular complexity index is 953. The first kappa shape index (κ1) is 22.6. The number of nitrogens with two attached hydrogens (primary N) is 1. The van der Waals surface area contributed by atoms with Crippen LogP contribution >= 0.6 is 0 Å². The summed E-state index contributed by atoms with van der Waals surface area (Å²) in [6.45, 7) is 5.19. The molecule has 1 aromatic carbocycles. The fourth-order valence-corrected chi connectivity index (χ4v) is 3.91. The molecule has 8 nitrogen and oxygen atoms in total. The number of carbonyl (C=O) groups is 3. The number of likely N-dealkylation sites (N-methyl/N-ethyl adjacent to an activating group) is 1. The number of hydrogen-bond donors (Lipinski definition) is 3. The number of hydrogen-bond acceptors (Lipinski definition) is 5. The van der Waals surface area contributed by atoms with Gasteiger partial charge in [-0.2, -0.15) is 0 Å². The largest absolute Gasteiger partial charge is 0.451 e. The molecular formula is C23H30N4O4. The maximum atomic E-state index is 12.6. The van der Waals surface area contributed by atoms with Crippen molar-refractivity contribution in [1.29, 1.82) is 0 Å². The first-order valence-corrected chi connectivity index (χ1v) is 10.5. The minimum atomic E-state index is -0.645. The average Bonchev–Trinajstić information content (AvgIpc) is 3.41. The molecule has 1 aliphatic rings. The Kier molecular flexibility index (Phi) is 7.12. The van der Waals surface area contributed by atoms with Crippen molar-refractivity contribution in [2.75, 3.05) is 13.6 Å². The third-order valence-electron chi connectivity index (χ3n) is 5.60. The molecule has 0 spiro atoms. The molecule has 1 aliphatic heterocycles. The van der Waals surface area contributed by atoms with Crippen LogP contribution in [0.15, 0.2) is 40.8 Å². The molecule has 1 fully saturated rings. The highest BCUT2D eigenvalue weighted by atomic mass is 16.4. The van der Waals surface area contributed by atoms with E-state index in [1.165, 1.54) is 7.05 Å². The predicted octanol–water partition coefficient (Wildman–Crippen LogP) is 1.90. The van der Waals surface area contributed by atoms with Crippen LogP contribution in [0.2, 0.25) is 0 Å². The fourth-order valence-electron chi connectivity index (χ4n) is 3.91. The molecule has 0 radical (unpaired) electrons. The second-order valence-electron chi connectivity index (χ2n) is 8.20. The maximum absolute atomic E-state index is 12.6. The smallest absolute Gasteiger partial charge is 0.287 e. The summed E-state index contributed by atoms with van der Waals surface area (Å²) in [5.74, 6) is -0.342. The van der Waals surface area contributed by atoms with Gasteiger partial charge in [0, 0.05) is 19.2 Å². The lowest BCUT2D eigenvalue weighted by molar-refractivity contribution is -0.123. The van der Waals surface area contributed by atoms with E-state index in [2.05, 4.69) is 15.5 Å². The summed E-state index contributed by atoms with van der Waals surface area (Å²) in [4.78, 5) is 38.3. The molecule has 2 atom stereocenters. The number of primary amides is 1. The van der Waals surface area contributed by atoms with Gasteiger partial charge in [-0.15, -0.1) is 0 Å². The lowest BCUT2D eigenvalue weighted by Gasteiger charge is -2.21. The van der Waals surface area contributed by atoms with E-state index >= 15 is 0 Å². The standard InChI is InChI=1S/C23H30N4O4/c1-14(2)20(23(30)25-3)26-22(29)19-10-9-18(31-19)16-7-4-6-15(12-16)13-27-11-5-8-17(27)21(24)28/h4,6-7,9-10,12,14,17,20H,5,8,11,13H2,1-3H3,(H2,24,28)(H,25,30)(H,26,29)/t17-,20-/m0/s1. The summed E-state index contributed by atoms with van der Waals surface area (Å²) in [7, 11) is 1.54. The first-order valence-electron chi connectivity index (χ1n) is 10.5. The Balaban J connectivity index is 1.72. The zero-order chi connectivity index (χ0) is 22.5. The normalized spacial score (nSPS) is 17.5. The average molecular weight is 427 g/mol. The zero-order valence-corrected chi connectivity index (χ0v) is 18.2. The lowest BCUT2D eigenvalue weighted by Crippen LogP contribution is -2.48. The molecule has 1 saturated heterocycles. The van der Waals surface area contributed by atoms with Crippen molar-refractivity contribution in [3.05, 3.63) is 47.7 Å². The number of likely N-dealkylation sites (tertiary alicyclic amines) is 1. The third-order valence-corrected chi connectivity index (χ3v) is 5.60. The molecule has 4 N–H and O–H groups in total. The van der Waals surface area contributed by atoms with Gasteiger partial charge in [0.15, 0.2) is 5.76 Å². The van der Waals surface area contributed by atoms with Crippen molar-refractivity contribution >= 4 is 17.7 Å². The van der Waals surface area contributed by atoms with Crippen molar-refractivity contribution in [2.45, 2.75) is 45.3 Å². The number of benzene rings is 1. The van der Waals surface area contributed by atoms with Crippen LogP contribution in [0.4, 0.5) is 0 Å². The maximum Gasteiger partial charge on any atom is 0.287 e. The molecule has 0 aliphatic carbocycles. The SMILES string of the molecule is CNC(=O)[C@@H](NC(=O)c1ccc(-c2cccc(CN3CCC[C@H]3C(N)=O)c2)o1)C(C)C. The number of carbonyl (C=O) groups excluding carboxylic acids is 3. The van der Waals surface area contributed by atoms with Gasteiger partial charge in [-0.05, 0) is 49.1 Å². The molecular weight excluding hydrogens is 396 g/mol. The number of nitrogens with one attached hydrogen (secondary N) is 2. The minimum Gasteiger partial charge on any atom is -0.451 e. The molecule has 2 heterocycles. The molecule has 0 unspecified atom stereocenters. The van der Waals surface area contributed by atoms with Gasteiger partial charge in [-0.1, -0.05) is 32.0 Å². The molecule has 0 saturated carbocycles. The van der Waals surface area contributed by atoms with E-state index in [4.69, 9.17) is 10.2 Å². The second-order valence-corrected chi connectivity index (χ2v) is 8.20. The molecule has 8 heteroatoms. The molecule has 3 amide bonds. The van der Waals surface area contributed by atoms with E-state index in [1.54, 1.807) is 12.1 Å². The van der Waals surface area contributed by atoms with Crippen LogP contribution in [-0.2, 0) is 16.1 Å². The van der Waals surface area contributed by atoms with Gasteiger partial charge < -0.3 is 20.8 Å². The van der Waals surface area contributed by atoms with Crippen LogP contribution in [0.25, 0.3) is 11.3 Å². The van der Waals surface area contributed by atoms with Crippen LogP contribution in [0, 0.1) is 5.92 Å². The predicted molar refractivity (Wildman–Crippen MR) is 117 cm³/mol. The fraction of sp³-hybridized carbons (Fsp3) is 0.435. The Morgan fingerprint density at radius 1 is 1.23 bits per heavy atom.